The van der Waals surface area contributed by atoms with E-state index in [1.54, 1.807) is 13.3 Å². The summed E-state index contributed by atoms with van der Waals surface area (Å²) in [6, 6.07) is 14.5. The van der Waals surface area contributed by atoms with Crippen LogP contribution in [0.2, 0.25) is 0 Å². The molecule has 2 aliphatic carbocycles. The molecule has 1 amide bonds. The van der Waals surface area contributed by atoms with E-state index in [2.05, 4.69) is 48.4 Å². The van der Waals surface area contributed by atoms with Crippen molar-refractivity contribution in [3.8, 4) is 28.4 Å². The van der Waals surface area contributed by atoms with Gasteiger partial charge in [-0.1, -0.05) is 12.1 Å². The number of nitrogens with zero attached hydrogens (tertiary/aromatic N) is 5. The molecule has 2 saturated carbocycles. The molecule has 11 heteroatoms. The van der Waals surface area contributed by atoms with Crippen molar-refractivity contribution >= 4 is 39.0 Å². The van der Waals surface area contributed by atoms with Gasteiger partial charge in [-0.05, 0) is 73.4 Å². The molecule has 9 rings (SSSR count). The highest BCUT2D eigenvalue weighted by molar-refractivity contribution is 6.01. The predicted octanol–water partition coefficient (Wildman–Crippen LogP) is 4.41. The number of piperidine rings is 1. The minimum atomic E-state index is -0.268. The summed E-state index contributed by atoms with van der Waals surface area (Å²) in [6.07, 6.45) is 6.28. The summed E-state index contributed by atoms with van der Waals surface area (Å²) < 4.78 is 10.3. The molecule has 4 aromatic heterocycles. The molecule has 3 aliphatic rings. The number of carbonyl (C=O) groups excluding carboxylic acids is 1. The lowest BCUT2D eigenvalue weighted by Gasteiger charge is -2.27. The minimum Gasteiger partial charge on any atom is -0.494 e. The molecule has 45 heavy (non-hydrogen) atoms. The Hall–Kier alpha value is -4.90. The number of nitrogens with two attached hydrogens (primary N) is 1. The molecule has 4 N–H and O–H groups in total. The average molecular weight is 603 g/mol. The Morgan fingerprint density at radius 3 is 2.69 bits per heavy atom. The van der Waals surface area contributed by atoms with Gasteiger partial charge >= 0.3 is 5.69 Å². The van der Waals surface area contributed by atoms with E-state index in [1.165, 1.54) is 12.8 Å². The van der Waals surface area contributed by atoms with Gasteiger partial charge in [0.05, 0.1) is 23.8 Å². The van der Waals surface area contributed by atoms with Crippen LogP contribution in [0.15, 0.2) is 53.5 Å². The van der Waals surface area contributed by atoms with Crippen LogP contribution in [0.4, 0.5) is 0 Å². The van der Waals surface area contributed by atoms with Gasteiger partial charge in [-0.25, -0.2) is 14.8 Å². The van der Waals surface area contributed by atoms with E-state index in [4.69, 9.17) is 15.5 Å². The van der Waals surface area contributed by atoms with Gasteiger partial charge in [0.2, 0.25) is 0 Å². The number of hydrogen-bond donors (Lipinski definition) is 3. The number of aromatic nitrogens is 6. The molecular formula is C34H34N8O3. The lowest BCUT2D eigenvalue weighted by Crippen LogP contribution is -2.41. The van der Waals surface area contributed by atoms with E-state index < -0.39 is 0 Å². The number of H-pyrrole nitrogens is 2. The Morgan fingerprint density at radius 1 is 1.07 bits per heavy atom. The van der Waals surface area contributed by atoms with Gasteiger partial charge in [-0.15, -0.1) is 0 Å². The number of likely N-dealkylation sites (tertiary alicyclic amines) is 1. The van der Waals surface area contributed by atoms with Crippen molar-refractivity contribution in [1.82, 2.24) is 34.0 Å². The van der Waals surface area contributed by atoms with Gasteiger partial charge in [-0.2, -0.15) is 0 Å². The van der Waals surface area contributed by atoms with Crippen LogP contribution in [0.3, 0.4) is 0 Å². The average Bonchev–Trinajstić information content (AvgIpc) is 3.26. The van der Waals surface area contributed by atoms with Gasteiger partial charge in [0.15, 0.2) is 11.5 Å². The van der Waals surface area contributed by atoms with Crippen LogP contribution in [0.5, 0.6) is 5.75 Å². The van der Waals surface area contributed by atoms with Crippen LogP contribution in [-0.4, -0.2) is 65.6 Å². The summed E-state index contributed by atoms with van der Waals surface area (Å²) in [5.41, 5.74) is 13.6. The molecule has 1 saturated heterocycles. The van der Waals surface area contributed by atoms with E-state index in [0.29, 0.717) is 34.3 Å². The summed E-state index contributed by atoms with van der Waals surface area (Å²) in [4.78, 5) is 42.6. The normalized spacial score (nSPS) is 21.1. The zero-order chi connectivity index (χ0) is 30.6. The lowest BCUT2D eigenvalue weighted by atomic mass is 10.1. The number of ether oxygens (including phenoxy) is 1. The molecule has 11 nitrogen and oxygen atoms in total. The molecular weight excluding hydrogens is 568 g/mol. The van der Waals surface area contributed by atoms with Crippen molar-refractivity contribution in [2.24, 2.45) is 24.6 Å². The van der Waals surface area contributed by atoms with E-state index in [0.717, 1.165) is 70.5 Å². The number of aryl methyl sites for hydroxylation is 1. The summed E-state index contributed by atoms with van der Waals surface area (Å²) >= 11 is 0. The number of pyridine rings is 1. The van der Waals surface area contributed by atoms with Gasteiger partial charge < -0.3 is 29.5 Å². The van der Waals surface area contributed by atoms with Crippen LogP contribution < -0.4 is 16.2 Å². The molecule has 3 atom stereocenters. The van der Waals surface area contributed by atoms with Crippen LogP contribution >= 0.6 is 0 Å². The highest BCUT2D eigenvalue weighted by Crippen LogP contribution is 2.41. The van der Waals surface area contributed by atoms with E-state index in [9.17, 15) is 9.59 Å². The van der Waals surface area contributed by atoms with Crippen molar-refractivity contribution < 1.29 is 9.53 Å². The first-order valence-electron chi connectivity index (χ1n) is 15.7. The number of benzene rings is 2. The zero-order valence-corrected chi connectivity index (χ0v) is 25.2. The highest BCUT2D eigenvalue weighted by atomic mass is 16.5. The van der Waals surface area contributed by atoms with Gasteiger partial charge in [0.25, 0.3) is 5.91 Å². The molecule has 2 bridgehead atoms. The van der Waals surface area contributed by atoms with Crippen molar-refractivity contribution in [2.45, 2.75) is 44.3 Å². The minimum absolute atomic E-state index is 0.00294. The number of aromatic amines is 2. The molecule has 228 valence electrons. The first-order valence-corrected chi connectivity index (χ1v) is 15.7. The topological polar surface area (TPSA) is 140 Å². The third-order valence-corrected chi connectivity index (χ3v) is 10.3. The predicted molar refractivity (Wildman–Crippen MR) is 172 cm³/mol. The first kappa shape index (κ1) is 26.5. The van der Waals surface area contributed by atoms with Crippen LogP contribution in [0.1, 0.15) is 36.0 Å². The molecule has 0 spiro atoms. The molecule has 2 unspecified atom stereocenters. The first-order chi connectivity index (χ1) is 21.9. The maximum atomic E-state index is 13.7. The third kappa shape index (κ3) is 4.06. The monoisotopic (exact) mass is 602 g/mol. The molecule has 6 aromatic rings. The molecule has 5 heterocycles. The fourth-order valence-electron chi connectivity index (χ4n) is 7.72. The number of nitrogens with one attached hydrogen (secondary N) is 2. The molecule has 3 fully saturated rings. The van der Waals surface area contributed by atoms with Crippen molar-refractivity contribution in [2.75, 3.05) is 13.7 Å². The van der Waals surface area contributed by atoms with Crippen molar-refractivity contribution in [3.63, 3.8) is 0 Å². The molecule has 1 aliphatic heterocycles. The van der Waals surface area contributed by atoms with E-state index in [-0.39, 0.29) is 23.7 Å². The Balaban J connectivity index is 1.16. The number of imidazole rings is 2. The Labute approximate surface area is 258 Å². The quantitative estimate of drug-likeness (QED) is 0.258. The molecule has 2 aromatic carbocycles. The smallest absolute Gasteiger partial charge is 0.325 e. The van der Waals surface area contributed by atoms with Gasteiger partial charge in [0, 0.05) is 60.4 Å². The summed E-state index contributed by atoms with van der Waals surface area (Å²) in [6.45, 7) is 1.61. The van der Waals surface area contributed by atoms with Crippen molar-refractivity contribution in [1.29, 1.82) is 0 Å². The summed E-state index contributed by atoms with van der Waals surface area (Å²) in [7, 11) is 3.65. The summed E-state index contributed by atoms with van der Waals surface area (Å²) in [5, 5.41) is 1.12. The van der Waals surface area contributed by atoms with Gasteiger partial charge in [-0.3, -0.25) is 9.78 Å². The second-order valence-electron chi connectivity index (χ2n) is 13.0. The SMILES string of the molecule is COc1cc(C(=O)N2CC3CCC2[C@@H]3N)cc2nc(-c3cc4ccc(-c5cnc6[nH]c(=O)[nH]c6c5)cc4n3CC3CC3)n(C)c12. The van der Waals surface area contributed by atoms with Gasteiger partial charge in [0.1, 0.15) is 11.3 Å². The van der Waals surface area contributed by atoms with E-state index >= 15 is 0 Å². The number of hydrogen-bond acceptors (Lipinski definition) is 6. The third-order valence-electron chi connectivity index (χ3n) is 10.3. The van der Waals surface area contributed by atoms with E-state index in [1.807, 2.05) is 30.1 Å². The van der Waals surface area contributed by atoms with Crippen LogP contribution in [0, 0.1) is 11.8 Å². The fourth-order valence-corrected chi connectivity index (χ4v) is 7.72. The number of methoxy groups -OCH3 is 1. The summed E-state index contributed by atoms with van der Waals surface area (Å²) in [5.74, 6) is 2.46. The largest absolute Gasteiger partial charge is 0.494 e. The Bertz CT molecular complexity index is 2240. The molecule has 0 radical (unpaired) electrons. The Morgan fingerprint density at radius 2 is 1.93 bits per heavy atom. The maximum Gasteiger partial charge on any atom is 0.325 e. The second-order valence-corrected chi connectivity index (χ2v) is 13.0. The Kier molecular flexibility index (Phi) is 5.62. The lowest BCUT2D eigenvalue weighted by molar-refractivity contribution is 0.0700. The maximum absolute atomic E-state index is 13.7. The fraction of sp³-hybridized carbons (Fsp3) is 0.353. The second kappa shape index (κ2) is 9.55. The van der Waals surface area contributed by atoms with Crippen LogP contribution in [-0.2, 0) is 13.6 Å². The number of rotatable bonds is 6. The number of amides is 1. The highest BCUT2D eigenvalue weighted by Gasteiger charge is 2.47. The zero-order valence-electron chi connectivity index (χ0n) is 25.2. The van der Waals surface area contributed by atoms with Crippen molar-refractivity contribution in [3.05, 3.63) is 64.7 Å². The number of carbonyl (C=O) groups is 1. The standard InChI is InChI=1S/C34H34N8O3/c1-40-30-23(9-21(13-28(30)45-2)33(43)42-16-20-7-8-25(42)29(20)35)37-32(40)27-12-19-6-5-18(11-26(19)41(27)15-17-3-4-17)22-10-24-31(36-14-22)39-34(44)38-24/h5-6,9-14,17,20,25,29H,3-4,7-8,15-16,35H2,1-2H3,(H2,36,38,39,44)/t20?,25?,29-/m1/s1. The number of fused-ring (bicyclic) bond motifs is 5. The van der Waals surface area contributed by atoms with Crippen LogP contribution in [0.25, 0.3) is 55.7 Å².